The van der Waals surface area contributed by atoms with Crippen LogP contribution in [-0.2, 0) is 13.1 Å². The van der Waals surface area contributed by atoms with E-state index in [4.69, 9.17) is 5.73 Å². The first-order chi connectivity index (χ1) is 8.67. The number of rotatable bonds is 2. The molecule has 98 valence electrons. The van der Waals surface area contributed by atoms with E-state index in [-0.39, 0.29) is 0 Å². The van der Waals surface area contributed by atoms with Gasteiger partial charge in [0.2, 0.25) is 0 Å². The van der Waals surface area contributed by atoms with Gasteiger partial charge in [0.1, 0.15) is 0 Å². The second-order valence-electron chi connectivity index (χ2n) is 5.99. The molecule has 1 aromatic rings. The Balaban J connectivity index is 1.83. The summed E-state index contributed by atoms with van der Waals surface area (Å²) in [4.78, 5) is 4.83. The molecule has 2 N–H and O–H groups in total. The minimum atomic E-state index is 0.565. The Labute approximate surface area is 110 Å². The van der Waals surface area contributed by atoms with Crippen molar-refractivity contribution in [3.05, 3.63) is 34.9 Å². The summed E-state index contributed by atoms with van der Waals surface area (Å²) in [5.74, 6) is 0.663. The van der Waals surface area contributed by atoms with Crippen molar-refractivity contribution in [3.63, 3.8) is 0 Å². The number of benzene rings is 1. The first kappa shape index (κ1) is 12.2. The van der Waals surface area contributed by atoms with Crippen LogP contribution in [0.4, 0.5) is 0 Å². The maximum atomic E-state index is 5.81. The average Bonchev–Trinajstić information content (AvgIpc) is 2.89. The minimum absolute atomic E-state index is 0.565. The predicted octanol–water partition coefficient (Wildman–Crippen LogP) is 1.58. The normalized spacial score (nSPS) is 28.8. The van der Waals surface area contributed by atoms with Crippen molar-refractivity contribution < 1.29 is 0 Å². The summed E-state index contributed by atoms with van der Waals surface area (Å²) < 4.78 is 0. The molecular formula is C15H23N3. The number of likely N-dealkylation sites (tertiary alicyclic amines) is 1. The van der Waals surface area contributed by atoms with Crippen LogP contribution in [0.25, 0.3) is 0 Å². The van der Waals surface area contributed by atoms with E-state index in [1.165, 1.54) is 23.1 Å². The van der Waals surface area contributed by atoms with E-state index >= 15 is 0 Å². The van der Waals surface area contributed by atoms with Crippen LogP contribution in [0.2, 0.25) is 0 Å². The molecule has 0 aliphatic carbocycles. The average molecular weight is 245 g/mol. The lowest BCUT2D eigenvalue weighted by Gasteiger charge is -2.20. The molecule has 3 heteroatoms. The first-order valence-electron chi connectivity index (χ1n) is 6.88. The fraction of sp³-hybridized carbons (Fsp3) is 0.600. The van der Waals surface area contributed by atoms with Crippen molar-refractivity contribution in [2.45, 2.75) is 25.6 Å². The zero-order chi connectivity index (χ0) is 12.7. The molecule has 0 amide bonds. The van der Waals surface area contributed by atoms with Crippen molar-refractivity contribution in [2.24, 2.45) is 11.7 Å². The van der Waals surface area contributed by atoms with Gasteiger partial charge in [0, 0.05) is 25.7 Å². The Kier molecular flexibility index (Phi) is 3.14. The van der Waals surface area contributed by atoms with Crippen LogP contribution in [0.15, 0.2) is 18.2 Å². The lowest BCUT2D eigenvalue weighted by Crippen LogP contribution is -2.20. The number of nitrogens with zero attached hydrogens (tertiary/aromatic N) is 2. The van der Waals surface area contributed by atoms with Crippen LogP contribution < -0.4 is 5.73 Å². The van der Waals surface area contributed by atoms with Gasteiger partial charge >= 0.3 is 0 Å². The maximum absolute atomic E-state index is 5.81. The summed E-state index contributed by atoms with van der Waals surface area (Å²) in [6.45, 7) is 4.15. The molecule has 0 aromatic heterocycles. The molecule has 0 saturated carbocycles. The molecule has 0 spiro atoms. The van der Waals surface area contributed by atoms with Crippen LogP contribution in [0.5, 0.6) is 0 Å². The van der Waals surface area contributed by atoms with E-state index in [0.717, 1.165) is 26.2 Å². The molecule has 18 heavy (non-hydrogen) atoms. The van der Waals surface area contributed by atoms with Gasteiger partial charge in [-0.05, 0) is 49.7 Å². The summed E-state index contributed by atoms with van der Waals surface area (Å²) in [6, 6.07) is 7.61. The van der Waals surface area contributed by atoms with Gasteiger partial charge in [-0.1, -0.05) is 18.2 Å². The Hall–Kier alpha value is -0.900. The molecule has 2 unspecified atom stereocenters. The maximum Gasteiger partial charge on any atom is 0.0348 e. The minimum Gasteiger partial charge on any atom is -0.330 e. The van der Waals surface area contributed by atoms with E-state index in [1.54, 1.807) is 0 Å². The van der Waals surface area contributed by atoms with E-state index in [2.05, 4.69) is 42.1 Å². The second-order valence-corrected chi connectivity index (χ2v) is 5.99. The predicted molar refractivity (Wildman–Crippen MR) is 74.1 cm³/mol. The van der Waals surface area contributed by atoms with Crippen LogP contribution in [0.3, 0.4) is 0 Å². The third kappa shape index (κ3) is 2.07. The standard InChI is InChI=1S/C15H23N3/c1-17-9-13-4-3-12(6-14(13)10-17)15-5-11(7-16)8-18(15)2/h3-4,6,11,15H,5,7-10,16H2,1-2H3. The Morgan fingerprint density at radius 2 is 2.00 bits per heavy atom. The molecule has 2 heterocycles. The van der Waals surface area contributed by atoms with Crippen LogP contribution >= 0.6 is 0 Å². The zero-order valence-electron chi connectivity index (χ0n) is 11.4. The van der Waals surface area contributed by atoms with Crippen molar-refractivity contribution in [3.8, 4) is 0 Å². The quantitative estimate of drug-likeness (QED) is 0.858. The molecule has 2 aliphatic rings. The Morgan fingerprint density at radius 3 is 2.72 bits per heavy atom. The third-order valence-corrected chi connectivity index (χ3v) is 4.46. The van der Waals surface area contributed by atoms with Crippen molar-refractivity contribution in [1.82, 2.24) is 9.80 Å². The SMILES string of the molecule is CN1Cc2ccc(C3CC(CN)CN3C)cc2C1. The monoisotopic (exact) mass is 245 g/mol. The molecule has 1 saturated heterocycles. The number of fused-ring (bicyclic) bond motifs is 1. The number of hydrogen-bond acceptors (Lipinski definition) is 3. The molecule has 0 bridgehead atoms. The van der Waals surface area contributed by atoms with Crippen LogP contribution in [0, 0.1) is 5.92 Å². The molecular weight excluding hydrogens is 222 g/mol. The summed E-state index contributed by atoms with van der Waals surface area (Å²) in [5, 5.41) is 0. The van der Waals surface area contributed by atoms with Gasteiger partial charge in [-0.2, -0.15) is 0 Å². The van der Waals surface area contributed by atoms with Gasteiger partial charge in [-0.3, -0.25) is 9.80 Å². The molecule has 2 aliphatic heterocycles. The van der Waals surface area contributed by atoms with Gasteiger partial charge in [0.25, 0.3) is 0 Å². The van der Waals surface area contributed by atoms with Gasteiger partial charge in [0.15, 0.2) is 0 Å². The molecule has 3 rings (SSSR count). The first-order valence-corrected chi connectivity index (χ1v) is 6.88. The zero-order valence-corrected chi connectivity index (χ0v) is 11.4. The highest BCUT2D eigenvalue weighted by atomic mass is 15.2. The number of nitrogens with two attached hydrogens (primary N) is 1. The van der Waals surface area contributed by atoms with Crippen molar-refractivity contribution in [1.29, 1.82) is 0 Å². The highest BCUT2D eigenvalue weighted by Gasteiger charge is 2.30. The van der Waals surface area contributed by atoms with E-state index in [1.807, 2.05) is 0 Å². The lowest BCUT2D eigenvalue weighted by molar-refractivity contribution is 0.313. The van der Waals surface area contributed by atoms with E-state index < -0.39 is 0 Å². The summed E-state index contributed by atoms with van der Waals surface area (Å²) in [6.07, 6.45) is 1.21. The van der Waals surface area contributed by atoms with E-state index in [0.29, 0.717) is 12.0 Å². The fourth-order valence-corrected chi connectivity index (χ4v) is 3.46. The summed E-state index contributed by atoms with van der Waals surface area (Å²) >= 11 is 0. The van der Waals surface area contributed by atoms with Crippen LogP contribution in [-0.4, -0.2) is 37.0 Å². The van der Waals surface area contributed by atoms with Gasteiger partial charge in [-0.25, -0.2) is 0 Å². The van der Waals surface area contributed by atoms with Gasteiger partial charge in [0.05, 0.1) is 0 Å². The topological polar surface area (TPSA) is 32.5 Å². The Morgan fingerprint density at radius 1 is 1.22 bits per heavy atom. The summed E-state index contributed by atoms with van der Waals surface area (Å²) in [5.41, 5.74) is 10.3. The highest BCUT2D eigenvalue weighted by Crippen LogP contribution is 2.35. The fourth-order valence-electron chi connectivity index (χ4n) is 3.46. The molecule has 1 aromatic carbocycles. The Bertz CT molecular complexity index is 443. The summed E-state index contributed by atoms with van der Waals surface area (Å²) in [7, 11) is 4.41. The lowest BCUT2D eigenvalue weighted by atomic mass is 9.97. The molecule has 3 nitrogen and oxygen atoms in total. The van der Waals surface area contributed by atoms with Crippen molar-refractivity contribution >= 4 is 0 Å². The number of hydrogen-bond donors (Lipinski definition) is 1. The van der Waals surface area contributed by atoms with Gasteiger partial charge < -0.3 is 5.73 Å². The third-order valence-electron chi connectivity index (χ3n) is 4.46. The second kappa shape index (κ2) is 4.65. The molecule has 1 fully saturated rings. The molecule has 0 radical (unpaired) electrons. The highest BCUT2D eigenvalue weighted by molar-refractivity contribution is 5.36. The smallest absolute Gasteiger partial charge is 0.0348 e. The van der Waals surface area contributed by atoms with Gasteiger partial charge in [-0.15, -0.1) is 0 Å². The largest absolute Gasteiger partial charge is 0.330 e. The van der Waals surface area contributed by atoms with E-state index in [9.17, 15) is 0 Å². The molecule has 2 atom stereocenters. The van der Waals surface area contributed by atoms with Crippen LogP contribution in [0.1, 0.15) is 29.2 Å². The van der Waals surface area contributed by atoms with Crippen molar-refractivity contribution in [2.75, 3.05) is 27.2 Å².